The molecule has 2 nitrogen and oxygen atoms in total. The zero-order valence-electron chi connectivity index (χ0n) is 11.4. The lowest BCUT2D eigenvalue weighted by Crippen LogP contribution is -2.25. The maximum absolute atomic E-state index is 6.09. The maximum Gasteiger partial charge on any atom is 0.0512 e. The fourth-order valence-corrected chi connectivity index (χ4v) is 2.92. The average molecular weight is 319 g/mol. The Hall–Kier alpha value is -1.48. The topological polar surface area (TPSA) is 38.0 Å². The normalized spacial score (nSPS) is 18.4. The second-order valence-electron chi connectivity index (χ2n) is 5.16. The second kappa shape index (κ2) is 6.10. The first kappa shape index (κ1) is 14.5. The Kier molecular flexibility index (Phi) is 4.20. The minimum absolute atomic E-state index is 0.171. The molecule has 0 fully saturated rings. The minimum Gasteiger partial charge on any atom is -0.398 e. The van der Waals surface area contributed by atoms with Crippen LogP contribution in [0, 0.1) is 0 Å². The molecular formula is C17H16Cl2N2. The molecule has 1 heterocycles. The van der Waals surface area contributed by atoms with Gasteiger partial charge in [-0.25, -0.2) is 0 Å². The van der Waals surface area contributed by atoms with Crippen LogP contribution in [-0.2, 0) is 0 Å². The van der Waals surface area contributed by atoms with Gasteiger partial charge in [0, 0.05) is 27.8 Å². The molecule has 1 aliphatic rings. The molecule has 0 spiro atoms. The summed E-state index contributed by atoms with van der Waals surface area (Å²) in [4.78, 5) is 0. The van der Waals surface area contributed by atoms with Gasteiger partial charge in [-0.3, -0.25) is 0 Å². The molecule has 1 unspecified atom stereocenters. The number of halogens is 2. The highest BCUT2D eigenvalue weighted by molar-refractivity contribution is 6.31. The number of benzene rings is 2. The van der Waals surface area contributed by atoms with Gasteiger partial charge in [-0.15, -0.1) is 0 Å². The lowest BCUT2D eigenvalue weighted by atomic mass is 9.93. The van der Waals surface area contributed by atoms with E-state index in [1.54, 1.807) is 0 Å². The molecule has 0 aromatic heterocycles. The second-order valence-corrected chi connectivity index (χ2v) is 6.03. The van der Waals surface area contributed by atoms with Gasteiger partial charge in [0.15, 0.2) is 0 Å². The summed E-state index contributed by atoms with van der Waals surface area (Å²) in [5.74, 6) is 0. The van der Waals surface area contributed by atoms with Crippen LogP contribution in [0.15, 0.2) is 48.5 Å². The number of rotatable bonds is 2. The lowest BCUT2D eigenvalue weighted by molar-refractivity contribution is 0.609. The number of nitrogen functional groups attached to an aromatic ring is 1. The van der Waals surface area contributed by atoms with Gasteiger partial charge in [0.25, 0.3) is 0 Å². The largest absolute Gasteiger partial charge is 0.398 e. The molecule has 3 rings (SSSR count). The molecule has 108 valence electrons. The predicted octanol–water partition coefficient (Wildman–Crippen LogP) is 4.69. The third-order valence-corrected chi connectivity index (χ3v) is 4.20. The first-order valence-electron chi connectivity index (χ1n) is 6.88. The molecule has 0 radical (unpaired) electrons. The van der Waals surface area contributed by atoms with Crippen molar-refractivity contribution in [1.82, 2.24) is 5.32 Å². The standard InChI is InChI=1S/C17H16Cl2N2/c18-13-3-1-11(2-4-13)17-9-12(7-8-21-17)15-10-14(19)5-6-16(15)20/h1-6,9-10,17,21H,7-8,20H2. The molecule has 0 bridgehead atoms. The molecule has 2 aromatic rings. The van der Waals surface area contributed by atoms with E-state index in [2.05, 4.69) is 11.4 Å². The van der Waals surface area contributed by atoms with Gasteiger partial charge in [-0.05, 0) is 47.9 Å². The molecule has 3 N–H and O–H groups in total. The average Bonchev–Trinajstić information content (AvgIpc) is 2.50. The van der Waals surface area contributed by atoms with E-state index in [0.717, 1.165) is 29.2 Å². The quantitative estimate of drug-likeness (QED) is 0.788. The third-order valence-electron chi connectivity index (χ3n) is 3.72. The van der Waals surface area contributed by atoms with Crippen LogP contribution >= 0.6 is 23.2 Å². The Morgan fingerprint density at radius 1 is 1.00 bits per heavy atom. The van der Waals surface area contributed by atoms with Crippen LogP contribution in [0.5, 0.6) is 0 Å². The summed E-state index contributed by atoms with van der Waals surface area (Å²) in [6.07, 6.45) is 3.16. The van der Waals surface area contributed by atoms with E-state index in [9.17, 15) is 0 Å². The lowest BCUT2D eigenvalue weighted by Gasteiger charge is -2.24. The number of nitrogens with two attached hydrogens (primary N) is 1. The Bertz CT molecular complexity index is 678. The molecule has 1 atom stereocenters. The first-order valence-corrected chi connectivity index (χ1v) is 7.64. The van der Waals surface area contributed by atoms with Crippen LogP contribution in [0.1, 0.15) is 23.6 Å². The molecule has 0 saturated carbocycles. The highest BCUT2D eigenvalue weighted by atomic mass is 35.5. The molecule has 0 aliphatic carbocycles. The van der Waals surface area contributed by atoms with E-state index < -0.39 is 0 Å². The van der Waals surface area contributed by atoms with Gasteiger partial charge in [0.2, 0.25) is 0 Å². The fraction of sp³-hybridized carbons (Fsp3) is 0.176. The molecule has 4 heteroatoms. The van der Waals surface area contributed by atoms with Crippen molar-refractivity contribution in [3.63, 3.8) is 0 Å². The SMILES string of the molecule is Nc1ccc(Cl)cc1C1=CC(c2ccc(Cl)cc2)NCC1. The van der Waals surface area contributed by atoms with E-state index in [1.807, 2.05) is 42.5 Å². The van der Waals surface area contributed by atoms with Crippen molar-refractivity contribution in [3.8, 4) is 0 Å². The van der Waals surface area contributed by atoms with Gasteiger partial charge >= 0.3 is 0 Å². The number of hydrogen-bond donors (Lipinski definition) is 2. The summed E-state index contributed by atoms with van der Waals surface area (Å²) in [5.41, 5.74) is 10.3. The van der Waals surface area contributed by atoms with E-state index in [4.69, 9.17) is 28.9 Å². The van der Waals surface area contributed by atoms with Crippen LogP contribution in [-0.4, -0.2) is 6.54 Å². The number of hydrogen-bond acceptors (Lipinski definition) is 2. The Morgan fingerprint density at radius 3 is 2.48 bits per heavy atom. The summed E-state index contributed by atoms with van der Waals surface area (Å²) in [6.45, 7) is 0.908. The summed E-state index contributed by atoms with van der Waals surface area (Å²) in [6, 6.07) is 13.7. The van der Waals surface area contributed by atoms with E-state index in [-0.39, 0.29) is 6.04 Å². The van der Waals surface area contributed by atoms with Gasteiger partial charge in [0.05, 0.1) is 6.04 Å². The van der Waals surface area contributed by atoms with Crippen molar-refractivity contribution in [2.75, 3.05) is 12.3 Å². The van der Waals surface area contributed by atoms with Crippen molar-refractivity contribution >= 4 is 34.5 Å². The molecule has 0 saturated heterocycles. The number of nitrogens with one attached hydrogen (secondary N) is 1. The van der Waals surface area contributed by atoms with Crippen LogP contribution in [0.4, 0.5) is 5.69 Å². The molecular weight excluding hydrogens is 303 g/mol. The van der Waals surface area contributed by atoms with Crippen molar-refractivity contribution in [3.05, 3.63) is 69.7 Å². The monoisotopic (exact) mass is 318 g/mol. The Balaban J connectivity index is 1.95. The highest BCUT2D eigenvalue weighted by Crippen LogP contribution is 2.32. The summed E-state index contributed by atoms with van der Waals surface area (Å²) in [7, 11) is 0. The van der Waals surface area contributed by atoms with Crippen molar-refractivity contribution in [2.45, 2.75) is 12.5 Å². The van der Waals surface area contributed by atoms with E-state index in [0.29, 0.717) is 5.02 Å². The van der Waals surface area contributed by atoms with Crippen molar-refractivity contribution in [2.24, 2.45) is 0 Å². The summed E-state index contributed by atoms with van der Waals surface area (Å²) < 4.78 is 0. The fourth-order valence-electron chi connectivity index (χ4n) is 2.62. The van der Waals surface area contributed by atoms with Gasteiger partial charge in [-0.2, -0.15) is 0 Å². The Labute approximate surface area is 134 Å². The minimum atomic E-state index is 0.171. The number of anilines is 1. The summed E-state index contributed by atoms with van der Waals surface area (Å²) >= 11 is 12.0. The molecule has 21 heavy (non-hydrogen) atoms. The maximum atomic E-state index is 6.09. The van der Waals surface area contributed by atoms with Crippen LogP contribution in [0.25, 0.3) is 5.57 Å². The molecule has 2 aromatic carbocycles. The highest BCUT2D eigenvalue weighted by Gasteiger charge is 2.17. The zero-order chi connectivity index (χ0) is 14.8. The summed E-state index contributed by atoms with van der Waals surface area (Å²) in [5, 5.41) is 4.95. The van der Waals surface area contributed by atoms with Gasteiger partial charge < -0.3 is 11.1 Å². The van der Waals surface area contributed by atoms with Gasteiger partial charge in [0.1, 0.15) is 0 Å². The van der Waals surface area contributed by atoms with Gasteiger partial charge in [-0.1, -0.05) is 41.4 Å². The van der Waals surface area contributed by atoms with Crippen LogP contribution < -0.4 is 11.1 Å². The Morgan fingerprint density at radius 2 is 1.71 bits per heavy atom. The third kappa shape index (κ3) is 3.24. The van der Waals surface area contributed by atoms with Crippen LogP contribution in [0.3, 0.4) is 0 Å². The smallest absolute Gasteiger partial charge is 0.0512 e. The van der Waals surface area contributed by atoms with Crippen molar-refractivity contribution < 1.29 is 0 Å². The predicted molar refractivity (Wildman–Crippen MR) is 90.7 cm³/mol. The van der Waals surface area contributed by atoms with Crippen LogP contribution in [0.2, 0.25) is 10.0 Å². The van der Waals surface area contributed by atoms with Crippen molar-refractivity contribution in [1.29, 1.82) is 0 Å². The first-order chi connectivity index (χ1) is 10.1. The molecule has 1 aliphatic heterocycles. The van der Waals surface area contributed by atoms with E-state index >= 15 is 0 Å². The molecule has 0 amide bonds. The van der Waals surface area contributed by atoms with E-state index in [1.165, 1.54) is 11.1 Å². The zero-order valence-corrected chi connectivity index (χ0v) is 13.0.